The number of hydrogen-bond donors (Lipinski definition) is 0. The largest absolute Gasteiger partial charge is 0.338 e. The van der Waals surface area contributed by atoms with E-state index in [1.807, 2.05) is 42.8 Å². The molecule has 4 aromatic heterocycles. The van der Waals surface area contributed by atoms with Crippen LogP contribution in [0.1, 0.15) is 11.3 Å². The summed E-state index contributed by atoms with van der Waals surface area (Å²) >= 11 is 0. The lowest BCUT2D eigenvalue weighted by Crippen LogP contribution is -2.39. The average Bonchev–Trinajstić information content (AvgIpc) is 3.14. The molecular weight excluding hydrogens is 442 g/mol. The predicted molar refractivity (Wildman–Crippen MR) is 136 cm³/mol. The monoisotopic (exact) mass is 463 g/mol. The summed E-state index contributed by atoms with van der Waals surface area (Å²) in [6, 6.07) is 21.5. The second-order valence-corrected chi connectivity index (χ2v) is 8.64. The maximum Gasteiger partial charge on any atom is 0.336 e. The lowest BCUT2D eigenvalue weighted by atomic mass is 10.1. The van der Waals surface area contributed by atoms with Crippen molar-refractivity contribution in [2.75, 3.05) is 0 Å². The van der Waals surface area contributed by atoms with Gasteiger partial charge in [-0.15, -0.1) is 0 Å². The molecule has 172 valence electrons. The zero-order chi connectivity index (χ0) is 24.3. The molecule has 8 heteroatoms. The van der Waals surface area contributed by atoms with Gasteiger partial charge in [-0.3, -0.25) is 18.6 Å². The number of fused-ring (bicyclic) bond motifs is 4. The van der Waals surface area contributed by atoms with Crippen LogP contribution in [0.25, 0.3) is 33.3 Å². The van der Waals surface area contributed by atoms with Crippen molar-refractivity contribution in [3.63, 3.8) is 0 Å². The summed E-state index contributed by atoms with van der Waals surface area (Å²) in [5.74, 6) is 0. The molecule has 4 heterocycles. The summed E-state index contributed by atoms with van der Waals surface area (Å²) in [7, 11) is 1.83. The summed E-state index contributed by atoms with van der Waals surface area (Å²) in [5.41, 5.74) is 3.08. The standard InChI is InChI=1S/C27H21N5O3/c1-17-11-12-21-20(14-17)24-25(29(21)2)26(34)32(19-8-4-3-5-9-19)27(35)31(24)16-18-15-23(33)30-13-7-6-10-22(30)28-18/h3-15H,16H2,1-2H3. The molecule has 6 aromatic rings. The molecule has 0 unspecified atom stereocenters. The fraction of sp³-hybridized carbons (Fsp3) is 0.111. The Morgan fingerprint density at radius 1 is 0.857 bits per heavy atom. The molecule has 0 aliphatic carbocycles. The molecule has 0 bridgehead atoms. The number of nitrogens with zero attached hydrogens (tertiary/aromatic N) is 5. The zero-order valence-corrected chi connectivity index (χ0v) is 19.2. The Kier molecular flexibility index (Phi) is 4.57. The smallest absolute Gasteiger partial charge is 0.336 e. The van der Waals surface area contributed by atoms with E-state index in [0.29, 0.717) is 28.1 Å². The van der Waals surface area contributed by atoms with Crippen LogP contribution in [0.4, 0.5) is 0 Å². The highest BCUT2D eigenvalue weighted by atomic mass is 16.2. The number of pyridine rings is 1. The third-order valence-electron chi connectivity index (χ3n) is 6.38. The summed E-state index contributed by atoms with van der Waals surface area (Å²) in [6.07, 6.45) is 1.65. The second kappa shape index (κ2) is 7.66. The minimum atomic E-state index is -0.488. The minimum absolute atomic E-state index is 0.0378. The van der Waals surface area contributed by atoms with Gasteiger partial charge in [0, 0.05) is 24.7 Å². The van der Waals surface area contributed by atoms with Crippen LogP contribution in [0.3, 0.4) is 0 Å². The van der Waals surface area contributed by atoms with Crippen molar-refractivity contribution in [3.05, 3.63) is 121 Å². The van der Waals surface area contributed by atoms with Crippen molar-refractivity contribution < 1.29 is 0 Å². The lowest BCUT2D eigenvalue weighted by Gasteiger charge is -2.13. The van der Waals surface area contributed by atoms with Gasteiger partial charge in [-0.05, 0) is 43.3 Å². The van der Waals surface area contributed by atoms with E-state index in [1.165, 1.54) is 15.0 Å². The van der Waals surface area contributed by atoms with Crippen LogP contribution >= 0.6 is 0 Å². The van der Waals surface area contributed by atoms with Gasteiger partial charge in [-0.1, -0.05) is 35.9 Å². The van der Waals surface area contributed by atoms with Gasteiger partial charge in [0.05, 0.1) is 29.0 Å². The van der Waals surface area contributed by atoms with E-state index in [-0.39, 0.29) is 12.1 Å². The van der Waals surface area contributed by atoms with Gasteiger partial charge in [-0.25, -0.2) is 14.3 Å². The highest BCUT2D eigenvalue weighted by Gasteiger charge is 2.22. The van der Waals surface area contributed by atoms with Crippen LogP contribution in [-0.2, 0) is 13.6 Å². The lowest BCUT2D eigenvalue weighted by molar-refractivity contribution is 0.699. The fourth-order valence-electron chi connectivity index (χ4n) is 4.76. The molecule has 0 spiro atoms. The van der Waals surface area contributed by atoms with Crippen LogP contribution in [0, 0.1) is 6.92 Å². The van der Waals surface area contributed by atoms with E-state index >= 15 is 0 Å². The summed E-state index contributed by atoms with van der Waals surface area (Å²) in [6.45, 7) is 2.01. The van der Waals surface area contributed by atoms with Crippen molar-refractivity contribution in [2.45, 2.75) is 13.5 Å². The van der Waals surface area contributed by atoms with E-state index in [9.17, 15) is 14.4 Å². The van der Waals surface area contributed by atoms with Gasteiger partial charge in [-0.2, -0.15) is 0 Å². The topological polar surface area (TPSA) is 83.3 Å². The number of rotatable bonds is 3. The quantitative estimate of drug-likeness (QED) is 0.404. The maximum atomic E-state index is 13.9. The van der Waals surface area contributed by atoms with Crippen LogP contribution in [0.2, 0.25) is 0 Å². The third-order valence-corrected chi connectivity index (χ3v) is 6.38. The van der Waals surface area contributed by atoms with Crippen LogP contribution < -0.4 is 16.8 Å². The number of aryl methyl sites for hydroxylation is 2. The molecule has 0 N–H and O–H groups in total. The molecule has 2 aromatic carbocycles. The molecular formula is C27H21N5O3. The van der Waals surface area contributed by atoms with Crippen LogP contribution in [0.15, 0.2) is 93.4 Å². The van der Waals surface area contributed by atoms with E-state index < -0.39 is 11.2 Å². The molecule has 0 aliphatic rings. The van der Waals surface area contributed by atoms with Gasteiger partial charge in [0.25, 0.3) is 11.1 Å². The van der Waals surface area contributed by atoms with Gasteiger partial charge in [0.15, 0.2) is 0 Å². The molecule has 0 aliphatic heterocycles. The van der Waals surface area contributed by atoms with E-state index in [1.54, 1.807) is 53.2 Å². The normalized spacial score (nSPS) is 11.6. The first-order valence-electron chi connectivity index (χ1n) is 11.2. The van der Waals surface area contributed by atoms with Crippen LogP contribution in [-0.4, -0.2) is 23.1 Å². The first-order valence-corrected chi connectivity index (χ1v) is 11.2. The Morgan fingerprint density at radius 3 is 2.43 bits per heavy atom. The second-order valence-electron chi connectivity index (χ2n) is 8.64. The van der Waals surface area contributed by atoms with Gasteiger partial charge >= 0.3 is 5.69 Å². The van der Waals surface area contributed by atoms with E-state index in [4.69, 9.17) is 0 Å². The number of aromatic nitrogens is 5. The van der Waals surface area contributed by atoms with Crippen molar-refractivity contribution in [2.24, 2.45) is 7.05 Å². The molecule has 0 atom stereocenters. The van der Waals surface area contributed by atoms with Crippen LogP contribution in [0.5, 0.6) is 0 Å². The third kappa shape index (κ3) is 3.14. The molecule has 35 heavy (non-hydrogen) atoms. The molecule has 8 nitrogen and oxygen atoms in total. The fourth-order valence-corrected chi connectivity index (χ4v) is 4.76. The van der Waals surface area contributed by atoms with E-state index in [0.717, 1.165) is 16.5 Å². The SMILES string of the molecule is Cc1ccc2c(c1)c1c(c(=O)n(-c3ccccc3)c(=O)n1Cc1cc(=O)n3ccccc3n1)n2C. The van der Waals surface area contributed by atoms with Crippen molar-refractivity contribution >= 4 is 27.6 Å². The van der Waals surface area contributed by atoms with Gasteiger partial charge in [0.1, 0.15) is 11.2 Å². The Balaban J connectivity index is 1.74. The van der Waals surface area contributed by atoms with Gasteiger partial charge < -0.3 is 4.57 Å². The zero-order valence-electron chi connectivity index (χ0n) is 19.2. The number of hydrogen-bond acceptors (Lipinski definition) is 4. The first kappa shape index (κ1) is 20.9. The van der Waals surface area contributed by atoms with Crippen molar-refractivity contribution in [1.29, 1.82) is 0 Å². The number of benzene rings is 2. The first-order chi connectivity index (χ1) is 16.9. The molecule has 0 saturated heterocycles. The van der Waals surface area contributed by atoms with Crippen molar-refractivity contribution in [1.82, 2.24) is 23.1 Å². The maximum absolute atomic E-state index is 13.9. The van der Waals surface area contributed by atoms with E-state index in [2.05, 4.69) is 4.98 Å². The Morgan fingerprint density at radius 2 is 1.63 bits per heavy atom. The average molecular weight is 463 g/mol. The highest BCUT2D eigenvalue weighted by molar-refractivity contribution is 6.06. The molecule has 0 amide bonds. The summed E-state index contributed by atoms with van der Waals surface area (Å²) in [4.78, 5) is 45.0. The Hall–Kier alpha value is -4.72. The molecule has 0 fully saturated rings. The molecule has 6 rings (SSSR count). The molecule has 0 saturated carbocycles. The summed E-state index contributed by atoms with van der Waals surface area (Å²) in [5, 5.41) is 0.800. The van der Waals surface area contributed by atoms with Crippen molar-refractivity contribution in [3.8, 4) is 5.69 Å². The summed E-state index contributed by atoms with van der Waals surface area (Å²) < 4.78 is 6.01. The van der Waals surface area contributed by atoms with Gasteiger partial charge in [0.2, 0.25) is 0 Å². The highest BCUT2D eigenvalue weighted by Crippen LogP contribution is 2.27. The predicted octanol–water partition coefficient (Wildman–Crippen LogP) is 3.01. The molecule has 0 radical (unpaired) electrons. The number of para-hydroxylation sites is 1. The Labute approximate surface area is 198 Å². The Bertz CT molecular complexity index is 1960. The minimum Gasteiger partial charge on any atom is -0.338 e.